The summed E-state index contributed by atoms with van der Waals surface area (Å²) in [4.78, 5) is 12.2. The second-order valence-corrected chi connectivity index (χ2v) is 5.21. The van der Waals surface area contributed by atoms with Crippen LogP contribution in [0.15, 0.2) is 48.5 Å². The number of carbonyl (C=O) groups is 1. The number of benzene rings is 2. The largest absolute Gasteiger partial charge is 0.345 e. The Hall–Kier alpha value is -2.23. The fourth-order valence-corrected chi connectivity index (χ4v) is 2.19. The van der Waals surface area contributed by atoms with Crippen molar-refractivity contribution in [3.63, 3.8) is 0 Å². The summed E-state index contributed by atoms with van der Waals surface area (Å²) in [5.74, 6) is -2.64. The molecule has 2 aromatic carbocycles. The van der Waals surface area contributed by atoms with Crippen molar-refractivity contribution in [1.29, 1.82) is 0 Å². The average molecular weight is 289 g/mol. The van der Waals surface area contributed by atoms with Crippen molar-refractivity contribution < 1.29 is 13.6 Å². The minimum Gasteiger partial charge on any atom is -0.345 e. The van der Waals surface area contributed by atoms with Crippen molar-refractivity contribution in [2.75, 3.05) is 0 Å². The molecule has 4 heteroatoms. The van der Waals surface area contributed by atoms with Gasteiger partial charge < -0.3 is 5.32 Å². The van der Waals surface area contributed by atoms with Crippen LogP contribution in [0.4, 0.5) is 8.78 Å². The number of nitrogens with one attached hydrogen (secondary N) is 1. The molecule has 0 bridgehead atoms. The van der Waals surface area contributed by atoms with E-state index in [-0.39, 0.29) is 17.5 Å². The monoisotopic (exact) mass is 289 g/mol. The van der Waals surface area contributed by atoms with Gasteiger partial charge in [-0.2, -0.15) is 0 Å². The van der Waals surface area contributed by atoms with E-state index in [1.54, 1.807) is 0 Å². The molecule has 0 heterocycles. The lowest BCUT2D eigenvalue weighted by Gasteiger charge is -2.23. The molecule has 1 amide bonds. The Labute approximate surface area is 122 Å². The Kier molecular flexibility index (Phi) is 4.68. The Morgan fingerprint density at radius 3 is 2.29 bits per heavy atom. The second kappa shape index (κ2) is 6.48. The summed E-state index contributed by atoms with van der Waals surface area (Å²) in [5, 5.41) is 2.77. The highest BCUT2D eigenvalue weighted by Gasteiger charge is 2.21. The maximum atomic E-state index is 13.7. The van der Waals surface area contributed by atoms with Gasteiger partial charge in [-0.1, -0.05) is 50.2 Å². The minimum atomic E-state index is -1.12. The Bertz CT molecular complexity index is 626. The second-order valence-electron chi connectivity index (χ2n) is 5.21. The van der Waals surface area contributed by atoms with E-state index in [0.29, 0.717) is 0 Å². The fraction of sp³-hybridized carbons (Fsp3) is 0.235. The van der Waals surface area contributed by atoms with E-state index in [4.69, 9.17) is 0 Å². The van der Waals surface area contributed by atoms with Gasteiger partial charge in [0.2, 0.25) is 0 Å². The van der Waals surface area contributed by atoms with Crippen LogP contribution in [-0.2, 0) is 0 Å². The van der Waals surface area contributed by atoms with E-state index in [2.05, 4.69) is 5.32 Å². The van der Waals surface area contributed by atoms with Gasteiger partial charge >= 0.3 is 0 Å². The van der Waals surface area contributed by atoms with E-state index >= 15 is 0 Å². The molecule has 2 rings (SSSR count). The van der Waals surface area contributed by atoms with E-state index < -0.39 is 17.5 Å². The highest BCUT2D eigenvalue weighted by atomic mass is 19.2. The summed E-state index contributed by atoms with van der Waals surface area (Å²) >= 11 is 0. The molecule has 0 aromatic heterocycles. The highest BCUT2D eigenvalue weighted by molar-refractivity contribution is 5.94. The van der Waals surface area contributed by atoms with Crippen LogP contribution in [0.3, 0.4) is 0 Å². The van der Waals surface area contributed by atoms with Crippen molar-refractivity contribution in [1.82, 2.24) is 5.32 Å². The maximum Gasteiger partial charge on any atom is 0.254 e. The number of hydrogen-bond donors (Lipinski definition) is 1. The Morgan fingerprint density at radius 2 is 1.67 bits per heavy atom. The highest BCUT2D eigenvalue weighted by Crippen LogP contribution is 2.22. The van der Waals surface area contributed by atoms with Crippen molar-refractivity contribution in [2.24, 2.45) is 5.92 Å². The molecule has 0 aliphatic rings. The molecule has 21 heavy (non-hydrogen) atoms. The van der Waals surface area contributed by atoms with E-state index in [0.717, 1.165) is 11.6 Å². The molecule has 0 aliphatic heterocycles. The van der Waals surface area contributed by atoms with E-state index in [1.165, 1.54) is 12.1 Å². The third kappa shape index (κ3) is 3.45. The van der Waals surface area contributed by atoms with Crippen molar-refractivity contribution >= 4 is 5.91 Å². The number of halogens is 2. The van der Waals surface area contributed by atoms with Gasteiger partial charge in [0, 0.05) is 0 Å². The van der Waals surface area contributed by atoms with Crippen molar-refractivity contribution in [3.8, 4) is 0 Å². The quantitative estimate of drug-likeness (QED) is 0.902. The zero-order valence-electron chi connectivity index (χ0n) is 11.9. The first-order chi connectivity index (χ1) is 10.0. The molecule has 1 unspecified atom stereocenters. The lowest BCUT2D eigenvalue weighted by Crippen LogP contribution is -2.32. The molecule has 1 N–H and O–H groups in total. The third-order valence-corrected chi connectivity index (χ3v) is 3.31. The third-order valence-electron chi connectivity index (χ3n) is 3.31. The molecule has 0 spiro atoms. The molecular formula is C17H17F2NO. The van der Waals surface area contributed by atoms with Crippen molar-refractivity contribution in [3.05, 3.63) is 71.3 Å². The standard InChI is InChI=1S/C17H17F2NO/c1-11(2)16(12-7-4-3-5-8-12)20-17(21)13-9-6-10-14(18)15(13)19/h3-11,16H,1-2H3,(H,20,21). The molecule has 0 fully saturated rings. The van der Waals surface area contributed by atoms with Gasteiger partial charge in [-0.25, -0.2) is 8.78 Å². The van der Waals surface area contributed by atoms with Gasteiger partial charge in [0.05, 0.1) is 11.6 Å². The molecular weight excluding hydrogens is 272 g/mol. The van der Waals surface area contributed by atoms with Gasteiger partial charge in [-0.15, -0.1) is 0 Å². The van der Waals surface area contributed by atoms with Crippen LogP contribution >= 0.6 is 0 Å². The predicted molar refractivity (Wildman–Crippen MR) is 77.8 cm³/mol. The van der Waals surface area contributed by atoms with Gasteiger partial charge in [-0.3, -0.25) is 4.79 Å². The van der Waals surface area contributed by atoms with Crippen LogP contribution in [0.2, 0.25) is 0 Å². The molecule has 2 nitrogen and oxygen atoms in total. The predicted octanol–water partition coefficient (Wildman–Crippen LogP) is 4.09. The zero-order chi connectivity index (χ0) is 15.4. The number of carbonyl (C=O) groups excluding carboxylic acids is 1. The number of amides is 1. The molecule has 0 saturated heterocycles. The minimum absolute atomic E-state index is 0.118. The molecule has 1 atom stereocenters. The molecule has 110 valence electrons. The summed E-state index contributed by atoms with van der Waals surface area (Å²) in [5.41, 5.74) is 0.647. The van der Waals surface area contributed by atoms with Gasteiger partial charge in [-0.05, 0) is 23.6 Å². The van der Waals surface area contributed by atoms with Gasteiger partial charge in [0.1, 0.15) is 0 Å². The van der Waals surface area contributed by atoms with Crippen LogP contribution in [0.25, 0.3) is 0 Å². The summed E-state index contributed by atoms with van der Waals surface area (Å²) in [6.45, 7) is 3.92. The summed E-state index contributed by atoms with van der Waals surface area (Å²) in [6.07, 6.45) is 0. The summed E-state index contributed by atoms with van der Waals surface area (Å²) in [7, 11) is 0. The smallest absolute Gasteiger partial charge is 0.254 e. The lowest BCUT2D eigenvalue weighted by molar-refractivity contribution is 0.0920. The van der Waals surface area contributed by atoms with Crippen LogP contribution in [0, 0.1) is 17.6 Å². The topological polar surface area (TPSA) is 29.1 Å². The summed E-state index contributed by atoms with van der Waals surface area (Å²) in [6, 6.07) is 12.7. The Balaban J connectivity index is 2.25. The fourth-order valence-electron chi connectivity index (χ4n) is 2.19. The van der Waals surface area contributed by atoms with E-state index in [9.17, 15) is 13.6 Å². The van der Waals surface area contributed by atoms with Crippen LogP contribution in [-0.4, -0.2) is 5.91 Å². The first-order valence-electron chi connectivity index (χ1n) is 6.80. The van der Waals surface area contributed by atoms with Crippen LogP contribution in [0.5, 0.6) is 0 Å². The lowest BCUT2D eigenvalue weighted by atomic mass is 9.95. The maximum absolute atomic E-state index is 13.7. The first kappa shape index (κ1) is 15.2. The Morgan fingerprint density at radius 1 is 1.00 bits per heavy atom. The van der Waals surface area contributed by atoms with Gasteiger partial charge in [0.15, 0.2) is 11.6 Å². The molecule has 0 aliphatic carbocycles. The zero-order valence-corrected chi connectivity index (χ0v) is 11.9. The number of hydrogen-bond acceptors (Lipinski definition) is 1. The first-order valence-corrected chi connectivity index (χ1v) is 6.80. The van der Waals surface area contributed by atoms with Crippen molar-refractivity contribution in [2.45, 2.75) is 19.9 Å². The molecule has 0 radical (unpaired) electrons. The van der Waals surface area contributed by atoms with E-state index in [1.807, 2.05) is 44.2 Å². The van der Waals surface area contributed by atoms with Crippen LogP contribution < -0.4 is 5.32 Å². The van der Waals surface area contributed by atoms with Crippen LogP contribution in [0.1, 0.15) is 35.8 Å². The SMILES string of the molecule is CC(C)C(NC(=O)c1cccc(F)c1F)c1ccccc1. The van der Waals surface area contributed by atoms with Gasteiger partial charge in [0.25, 0.3) is 5.91 Å². The normalized spacial score (nSPS) is 12.2. The summed E-state index contributed by atoms with van der Waals surface area (Å²) < 4.78 is 26.9. The molecule has 2 aromatic rings. The molecule has 0 saturated carbocycles. The number of rotatable bonds is 4. The average Bonchev–Trinajstić information content (AvgIpc) is 2.48.